The van der Waals surface area contributed by atoms with E-state index < -0.39 is 0 Å². The standard InChI is InChI=1S/C31H34N4O2/c1-3-34(31(36)20-24-10-6-4-7-11-24)23-29-28-22-33(21-25-14-16-27(37-2)17-15-25)19-18-30(28)35(32-29)26-12-8-5-9-13-26/h4-17H,3,18-23H2,1-2H3. The minimum absolute atomic E-state index is 0.127. The molecule has 4 aromatic rings. The van der Waals surface area contributed by atoms with Crippen molar-refractivity contribution < 1.29 is 9.53 Å². The van der Waals surface area contributed by atoms with E-state index in [1.54, 1.807) is 7.11 Å². The molecule has 37 heavy (non-hydrogen) atoms. The summed E-state index contributed by atoms with van der Waals surface area (Å²) in [6.45, 7) is 5.84. The number of hydrogen-bond acceptors (Lipinski definition) is 4. The first-order valence-corrected chi connectivity index (χ1v) is 13.0. The van der Waals surface area contributed by atoms with Crippen molar-refractivity contribution in [2.45, 2.75) is 39.4 Å². The highest BCUT2D eigenvalue weighted by molar-refractivity contribution is 5.78. The van der Waals surface area contributed by atoms with Crippen LogP contribution >= 0.6 is 0 Å². The van der Waals surface area contributed by atoms with Crippen LogP contribution in [0, 0.1) is 0 Å². The quantitative estimate of drug-likeness (QED) is 0.328. The molecule has 0 saturated heterocycles. The Kier molecular flexibility index (Phi) is 7.66. The number of nitrogens with zero attached hydrogens (tertiary/aromatic N) is 4. The van der Waals surface area contributed by atoms with Gasteiger partial charge in [0.25, 0.3) is 0 Å². The highest BCUT2D eigenvalue weighted by Crippen LogP contribution is 2.28. The van der Waals surface area contributed by atoms with Gasteiger partial charge in [0.2, 0.25) is 5.91 Å². The van der Waals surface area contributed by atoms with Crippen LogP contribution in [0.1, 0.15) is 35.0 Å². The third-order valence-electron chi connectivity index (χ3n) is 7.06. The highest BCUT2D eigenvalue weighted by atomic mass is 16.5. The number of likely N-dealkylation sites (N-methyl/N-ethyl adjacent to an activating group) is 1. The monoisotopic (exact) mass is 494 g/mol. The normalized spacial score (nSPS) is 13.2. The van der Waals surface area contributed by atoms with Gasteiger partial charge in [0.05, 0.1) is 37.2 Å². The van der Waals surface area contributed by atoms with Crippen molar-refractivity contribution in [3.63, 3.8) is 0 Å². The molecule has 0 saturated carbocycles. The summed E-state index contributed by atoms with van der Waals surface area (Å²) in [5, 5.41) is 5.08. The number of ether oxygens (including phenoxy) is 1. The Morgan fingerprint density at radius 1 is 0.946 bits per heavy atom. The summed E-state index contributed by atoms with van der Waals surface area (Å²) in [6, 6.07) is 28.6. The number of para-hydroxylation sites is 1. The zero-order chi connectivity index (χ0) is 25.6. The van der Waals surface area contributed by atoms with Gasteiger partial charge >= 0.3 is 0 Å². The van der Waals surface area contributed by atoms with Gasteiger partial charge in [-0.15, -0.1) is 0 Å². The molecular weight excluding hydrogens is 460 g/mol. The van der Waals surface area contributed by atoms with Gasteiger partial charge < -0.3 is 9.64 Å². The summed E-state index contributed by atoms with van der Waals surface area (Å²) in [7, 11) is 1.69. The van der Waals surface area contributed by atoms with Gasteiger partial charge in [-0.05, 0) is 42.3 Å². The molecule has 0 aliphatic carbocycles. The molecule has 0 radical (unpaired) electrons. The number of rotatable bonds is 9. The van der Waals surface area contributed by atoms with E-state index >= 15 is 0 Å². The van der Waals surface area contributed by atoms with E-state index in [0.717, 1.165) is 48.7 Å². The fourth-order valence-electron chi connectivity index (χ4n) is 5.02. The average Bonchev–Trinajstić information content (AvgIpc) is 3.30. The van der Waals surface area contributed by atoms with E-state index in [-0.39, 0.29) is 5.91 Å². The largest absolute Gasteiger partial charge is 0.497 e. The number of methoxy groups -OCH3 is 1. The molecule has 0 atom stereocenters. The molecule has 2 heterocycles. The van der Waals surface area contributed by atoms with Crippen molar-refractivity contribution in [1.82, 2.24) is 19.6 Å². The lowest BCUT2D eigenvalue weighted by atomic mass is 10.0. The smallest absolute Gasteiger partial charge is 0.227 e. The molecule has 0 fully saturated rings. The Hall–Kier alpha value is -3.90. The van der Waals surface area contributed by atoms with E-state index in [0.29, 0.717) is 19.5 Å². The van der Waals surface area contributed by atoms with Gasteiger partial charge in [-0.3, -0.25) is 9.69 Å². The van der Waals surface area contributed by atoms with E-state index in [4.69, 9.17) is 9.84 Å². The molecule has 1 aromatic heterocycles. The Morgan fingerprint density at radius 2 is 1.65 bits per heavy atom. The highest BCUT2D eigenvalue weighted by Gasteiger charge is 2.27. The molecule has 1 aliphatic rings. The topological polar surface area (TPSA) is 50.6 Å². The van der Waals surface area contributed by atoms with Gasteiger partial charge in [0.1, 0.15) is 5.75 Å². The van der Waals surface area contributed by atoms with Crippen molar-refractivity contribution in [3.05, 3.63) is 113 Å². The minimum Gasteiger partial charge on any atom is -0.497 e. The second kappa shape index (κ2) is 11.4. The molecule has 5 rings (SSSR count). The van der Waals surface area contributed by atoms with Crippen LogP contribution in [0.5, 0.6) is 5.75 Å². The molecule has 0 N–H and O–H groups in total. The number of carbonyl (C=O) groups is 1. The van der Waals surface area contributed by atoms with Gasteiger partial charge in [-0.2, -0.15) is 5.10 Å². The van der Waals surface area contributed by atoms with Crippen molar-refractivity contribution in [1.29, 1.82) is 0 Å². The van der Waals surface area contributed by atoms with Gasteiger partial charge in [0, 0.05) is 38.2 Å². The van der Waals surface area contributed by atoms with E-state index in [1.807, 2.05) is 72.5 Å². The molecule has 1 amide bonds. The number of amides is 1. The zero-order valence-corrected chi connectivity index (χ0v) is 21.6. The molecule has 3 aromatic carbocycles. The molecule has 6 nitrogen and oxygen atoms in total. The van der Waals surface area contributed by atoms with Crippen molar-refractivity contribution in [2.75, 3.05) is 20.2 Å². The summed E-state index contributed by atoms with van der Waals surface area (Å²) in [6.07, 6.45) is 1.32. The van der Waals surface area contributed by atoms with Crippen molar-refractivity contribution in [2.24, 2.45) is 0 Å². The summed E-state index contributed by atoms with van der Waals surface area (Å²) >= 11 is 0. The lowest BCUT2D eigenvalue weighted by Crippen LogP contribution is -2.33. The molecule has 0 bridgehead atoms. The molecule has 0 unspecified atom stereocenters. The molecular formula is C31H34N4O2. The SMILES string of the molecule is CCN(Cc1nn(-c2ccccc2)c2c1CN(Cc1ccc(OC)cc1)CC2)C(=O)Cc1ccccc1. The Morgan fingerprint density at radius 3 is 2.32 bits per heavy atom. The maximum atomic E-state index is 13.2. The molecule has 190 valence electrons. The lowest BCUT2D eigenvalue weighted by Gasteiger charge is -2.28. The number of carbonyl (C=O) groups excluding carboxylic acids is 1. The maximum Gasteiger partial charge on any atom is 0.227 e. The number of fused-ring (bicyclic) bond motifs is 1. The Balaban J connectivity index is 1.40. The first kappa shape index (κ1) is 24.8. The summed E-state index contributed by atoms with van der Waals surface area (Å²) in [5.41, 5.74) is 6.84. The summed E-state index contributed by atoms with van der Waals surface area (Å²) < 4.78 is 7.40. The number of hydrogen-bond donors (Lipinski definition) is 0. The van der Waals surface area contributed by atoms with Crippen LogP contribution in [-0.2, 0) is 37.3 Å². The molecule has 1 aliphatic heterocycles. The maximum absolute atomic E-state index is 13.2. The molecule has 6 heteroatoms. The fraction of sp³-hybridized carbons (Fsp3) is 0.290. The van der Waals surface area contributed by atoms with Crippen LogP contribution in [0.15, 0.2) is 84.9 Å². The minimum atomic E-state index is 0.127. The second-order valence-electron chi connectivity index (χ2n) is 9.50. The Labute approximate surface area is 219 Å². The van der Waals surface area contributed by atoms with Crippen molar-refractivity contribution in [3.8, 4) is 11.4 Å². The number of benzene rings is 3. The average molecular weight is 495 g/mol. The van der Waals surface area contributed by atoms with E-state index in [1.165, 1.54) is 16.8 Å². The van der Waals surface area contributed by atoms with Gasteiger partial charge in [-0.1, -0.05) is 60.7 Å². The van der Waals surface area contributed by atoms with Crippen LogP contribution in [0.25, 0.3) is 5.69 Å². The van der Waals surface area contributed by atoms with Crippen LogP contribution in [0.3, 0.4) is 0 Å². The zero-order valence-electron chi connectivity index (χ0n) is 21.6. The van der Waals surface area contributed by atoms with E-state index in [9.17, 15) is 4.79 Å². The first-order chi connectivity index (χ1) is 18.1. The van der Waals surface area contributed by atoms with Crippen LogP contribution < -0.4 is 4.74 Å². The van der Waals surface area contributed by atoms with Crippen LogP contribution in [0.2, 0.25) is 0 Å². The summed E-state index contributed by atoms with van der Waals surface area (Å²) in [4.78, 5) is 17.6. The molecule has 0 spiro atoms. The second-order valence-corrected chi connectivity index (χ2v) is 9.50. The van der Waals surface area contributed by atoms with Crippen LogP contribution in [-0.4, -0.2) is 45.7 Å². The van der Waals surface area contributed by atoms with E-state index in [2.05, 4.69) is 33.8 Å². The third-order valence-corrected chi connectivity index (χ3v) is 7.06. The first-order valence-electron chi connectivity index (χ1n) is 13.0. The van der Waals surface area contributed by atoms with Crippen LogP contribution in [0.4, 0.5) is 0 Å². The fourth-order valence-corrected chi connectivity index (χ4v) is 5.02. The Bertz CT molecular complexity index is 1320. The van der Waals surface area contributed by atoms with Crippen molar-refractivity contribution >= 4 is 5.91 Å². The predicted molar refractivity (Wildman–Crippen MR) is 146 cm³/mol. The number of aromatic nitrogens is 2. The third kappa shape index (κ3) is 5.75. The lowest BCUT2D eigenvalue weighted by molar-refractivity contribution is -0.130. The van der Waals surface area contributed by atoms with Gasteiger partial charge in [-0.25, -0.2) is 4.68 Å². The predicted octanol–water partition coefficient (Wildman–Crippen LogP) is 5.03. The van der Waals surface area contributed by atoms with Gasteiger partial charge in [0.15, 0.2) is 0 Å². The summed E-state index contributed by atoms with van der Waals surface area (Å²) in [5.74, 6) is 0.999.